The molecule has 3 aromatic rings. The SMILES string of the molecule is COC(=O)c1[nH]c2ccc(Cl)cc2c1Sc1ccc(C)cc1C. The second kappa shape index (κ2) is 6.30. The Morgan fingerprint density at radius 2 is 1.96 bits per heavy atom. The third kappa shape index (κ3) is 3.09. The van der Waals surface area contributed by atoms with Crippen molar-refractivity contribution < 1.29 is 9.53 Å². The lowest BCUT2D eigenvalue weighted by molar-refractivity contribution is 0.0591. The summed E-state index contributed by atoms with van der Waals surface area (Å²) in [5, 5.41) is 1.55. The van der Waals surface area contributed by atoms with Crippen LogP contribution in [-0.2, 0) is 4.74 Å². The largest absolute Gasteiger partial charge is 0.464 e. The molecule has 0 aliphatic heterocycles. The van der Waals surface area contributed by atoms with E-state index in [-0.39, 0.29) is 5.97 Å². The first-order chi connectivity index (χ1) is 11.0. The van der Waals surface area contributed by atoms with Crippen molar-refractivity contribution in [1.29, 1.82) is 0 Å². The van der Waals surface area contributed by atoms with Crippen LogP contribution in [0.25, 0.3) is 10.9 Å². The minimum atomic E-state index is -0.385. The first-order valence-corrected chi connectivity index (χ1v) is 8.33. The topological polar surface area (TPSA) is 42.1 Å². The Labute approximate surface area is 144 Å². The number of hydrogen-bond acceptors (Lipinski definition) is 3. The summed E-state index contributed by atoms with van der Waals surface area (Å²) in [7, 11) is 1.38. The van der Waals surface area contributed by atoms with E-state index in [2.05, 4.69) is 37.0 Å². The number of hydrogen-bond donors (Lipinski definition) is 1. The van der Waals surface area contributed by atoms with Crippen molar-refractivity contribution in [2.24, 2.45) is 0 Å². The molecule has 0 aliphatic carbocycles. The van der Waals surface area contributed by atoms with Crippen molar-refractivity contribution in [1.82, 2.24) is 4.98 Å². The molecule has 0 spiro atoms. The van der Waals surface area contributed by atoms with Crippen molar-refractivity contribution >= 4 is 40.2 Å². The number of carbonyl (C=O) groups is 1. The molecule has 0 amide bonds. The average Bonchev–Trinajstić information content (AvgIpc) is 2.87. The molecular formula is C18H16ClNO2S. The molecule has 0 saturated carbocycles. The number of carbonyl (C=O) groups excluding carboxylic acids is 1. The van der Waals surface area contributed by atoms with Gasteiger partial charge in [-0.15, -0.1) is 0 Å². The fourth-order valence-corrected chi connectivity index (χ4v) is 3.78. The predicted octanol–water partition coefficient (Wildman–Crippen LogP) is 5.38. The van der Waals surface area contributed by atoms with E-state index in [4.69, 9.17) is 16.3 Å². The fraction of sp³-hybridized carbons (Fsp3) is 0.167. The number of nitrogens with one attached hydrogen (secondary N) is 1. The summed E-state index contributed by atoms with van der Waals surface area (Å²) in [4.78, 5) is 17.2. The number of rotatable bonds is 3. The molecule has 0 fully saturated rings. The Morgan fingerprint density at radius 1 is 1.17 bits per heavy atom. The second-order valence-electron chi connectivity index (χ2n) is 5.38. The number of esters is 1. The van der Waals surface area contributed by atoms with E-state index >= 15 is 0 Å². The first-order valence-electron chi connectivity index (χ1n) is 7.14. The third-order valence-corrected chi connectivity index (χ3v) is 5.19. The lowest BCUT2D eigenvalue weighted by Crippen LogP contribution is -2.02. The average molecular weight is 346 g/mol. The lowest BCUT2D eigenvalue weighted by Gasteiger charge is -2.07. The zero-order chi connectivity index (χ0) is 16.6. The van der Waals surface area contributed by atoms with Gasteiger partial charge in [-0.05, 0) is 43.7 Å². The number of aryl methyl sites for hydroxylation is 2. The summed E-state index contributed by atoms with van der Waals surface area (Å²) in [6, 6.07) is 11.8. The van der Waals surface area contributed by atoms with Gasteiger partial charge in [-0.3, -0.25) is 0 Å². The quantitative estimate of drug-likeness (QED) is 0.648. The minimum Gasteiger partial charge on any atom is -0.464 e. The smallest absolute Gasteiger partial charge is 0.355 e. The lowest BCUT2D eigenvalue weighted by atomic mass is 10.2. The van der Waals surface area contributed by atoms with E-state index in [0.717, 1.165) is 20.7 Å². The number of aromatic nitrogens is 1. The van der Waals surface area contributed by atoms with Gasteiger partial charge in [0.2, 0.25) is 0 Å². The van der Waals surface area contributed by atoms with Crippen LogP contribution in [0.2, 0.25) is 5.02 Å². The molecule has 0 atom stereocenters. The summed E-state index contributed by atoms with van der Waals surface area (Å²) in [6.45, 7) is 4.13. The summed E-state index contributed by atoms with van der Waals surface area (Å²) in [6.07, 6.45) is 0. The van der Waals surface area contributed by atoms with Gasteiger partial charge in [0.1, 0.15) is 5.69 Å². The van der Waals surface area contributed by atoms with Gasteiger partial charge in [0.15, 0.2) is 0 Å². The van der Waals surface area contributed by atoms with Gasteiger partial charge in [-0.1, -0.05) is 41.1 Å². The number of benzene rings is 2. The van der Waals surface area contributed by atoms with E-state index < -0.39 is 0 Å². The highest BCUT2D eigenvalue weighted by Crippen LogP contribution is 2.39. The molecule has 118 valence electrons. The van der Waals surface area contributed by atoms with Gasteiger partial charge in [0, 0.05) is 20.8 Å². The number of ether oxygens (including phenoxy) is 1. The van der Waals surface area contributed by atoms with Gasteiger partial charge >= 0.3 is 5.97 Å². The molecule has 2 aromatic carbocycles. The minimum absolute atomic E-state index is 0.385. The molecule has 0 radical (unpaired) electrons. The predicted molar refractivity (Wildman–Crippen MR) is 94.7 cm³/mol. The molecule has 1 N–H and O–H groups in total. The number of H-pyrrole nitrogens is 1. The third-order valence-electron chi connectivity index (χ3n) is 3.64. The highest BCUT2D eigenvalue weighted by molar-refractivity contribution is 7.99. The van der Waals surface area contributed by atoms with E-state index in [1.807, 2.05) is 12.1 Å². The standard InChI is InChI=1S/C18H16ClNO2S/c1-10-4-7-15(11(2)8-10)23-17-13-9-12(19)5-6-14(13)20-16(17)18(21)22-3/h4-9,20H,1-3H3. The molecule has 1 heterocycles. The Balaban J connectivity index is 2.17. The van der Waals surface area contributed by atoms with Crippen LogP contribution in [0.1, 0.15) is 21.6 Å². The zero-order valence-corrected chi connectivity index (χ0v) is 14.6. The van der Waals surface area contributed by atoms with Crippen LogP contribution in [0.4, 0.5) is 0 Å². The number of methoxy groups -OCH3 is 1. The van der Waals surface area contributed by atoms with E-state index in [0.29, 0.717) is 10.7 Å². The Morgan fingerprint density at radius 3 is 2.65 bits per heavy atom. The summed E-state index contributed by atoms with van der Waals surface area (Å²) >= 11 is 7.68. The van der Waals surface area contributed by atoms with Crippen molar-refractivity contribution in [3.8, 4) is 0 Å². The van der Waals surface area contributed by atoms with Crippen LogP contribution in [-0.4, -0.2) is 18.1 Å². The molecule has 0 unspecified atom stereocenters. The van der Waals surface area contributed by atoms with E-state index in [1.54, 1.807) is 17.8 Å². The molecular weight excluding hydrogens is 330 g/mol. The summed E-state index contributed by atoms with van der Waals surface area (Å²) < 4.78 is 4.91. The maximum atomic E-state index is 12.1. The molecule has 3 rings (SSSR count). The Kier molecular flexibility index (Phi) is 4.37. The van der Waals surface area contributed by atoms with Crippen LogP contribution in [0.5, 0.6) is 0 Å². The zero-order valence-electron chi connectivity index (χ0n) is 13.1. The molecule has 23 heavy (non-hydrogen) atoms. The summed E-state index contributed by atoms with van der Waals surface area (Å²) in [5.74, 6) is -0.385. The number of fused-ring (bicyclic) bond motifs is 1. The van der Waals surface area contributed by atoms with Crippen LogP contribution >= 0.6 is 23.4 Å². The molecule has 3 nitrogen and oxygen atoms in total. The number of aromatic amines is 1. The highest BCUT2D eigenvalue weighted by Gasteiger charge is 2.20. The molecule has 5 heteroatoms. The van der Waals surface area contributed by atoms with Crippen LogP contribution < -0.4 is 0 Å². The van der Waals surface area contributed by atoms with Crippen molar-refractivity contribution in [2.45, 2.75) is 23.6 Å². The maximum absolute atomic E-state index is 12.1. The fourth-order valence-electron chi connectivity index (χ4n) is 2.52. The van der Waals surface area contributed by atoms with Crippen molar-refractivity contribution in [3.63, 3.8) is 0 Å². The van der Waals surface area contributed by atoms with Gasteiger partial charge in [-0.25, -0.2) is 4.79 Å². The van der Waals surface area contributed by atoms with Crippen LogP contribution in [0.15, 0.2) is 46.2 Å². The maximum Gasteiger partial charge on any atom is 0.355 e. The van der Waals surface area contributed by atoms with E-state index in [9.17, 15) is 4.79 Å². The van der Waals surface area contributed by atoms with Gasteiger partial charge < -0.3 is 9.72 Å². The van der Waals surface area contributed by atoms with Gasteiger partial charge in [0.05, 0.1) is 12.0 Å². The summed E-state index contributed by atoms with van der Waals surface area (Å²) in [5.41, 5.74) is 3.70. The van der Waals surface area contributed by atoms with Crippen molar-refractivity contribution in [3.05, 3.63) is 58.2 Å². The molecule has 0 saturated heterocycles. The Hall–Kier alpha value is -1.91. The van der Waals surface area contributed by atoms with Crippen molar-refractivity contribution in [2.75, 3.05) is 7.11 Å². The monoisotopic (exact) mass is 345 g/mol. The van der Waals surface area contributed by atoms with Gasteiger partial charge in [-0.2, -0.15) is 0 Å². The first kappa shape index (κ1) is 16.0. The van der Waals surface area contributed by atoms with Gasteiger partial charge in [0.25, 0.3) is 0 Å². The molecule has 0 aliphatic rings. The second-order valence-corrected chi connectivity index (χ2v) is 6.87. The molecule has 1 aromatic heterocycles. The molecule has 0 bridgehead atoms. The highest BCUT2D eigenvalue weighted by atomic mass is 35.5. The van der Waals surface area contributed by atoms with E-state index in [1.165, 1.54) is 18.2 Å². The van der Waals surface area contributed by atoms with Crippen LogP contribution in [0, 0.1) is 13.8 Å². The normalized spacial score (nSPS) is 11.0. The number of halogens is 1. The Bertz CT molecular complexity index is 901. The van der Waals surface area contributed by atoms with Crippen LogP contribution in [0.3, 0.4) is 0 Å².